The van der Waals surface area contributed by atoms with Gasteiger partial charge in [-0.1, -0.05) is 92.2 Å². The van der Waals surface area contributed by atoms with Gasteiger partial charge in [0, 0.05) is 133 Å². The van der Waals surface area contributed by atoms with E-state index in [1.165, 1.54) is 46.6 Å². The van der Waals surface area contributed by atoms with Gasteiger partial charge in [0.05, 0.1) is 89.7 Å². The summed E-state index contributed by atoms with van der Waals surface area (Å²) in [5.41, 5.74) is 26.9. The summed E-state index contributed by atoms with van der Waals surface area (Å²) in [6, 6.07) is 25.3. The van der Waals surface area contributed by atoms with Crippen LogP contribution in [0.3, 0.4) is 0 Å². The number of nitrogens with two attached hydrogens (primary N) is 3. The topological polar surface area (TPSA) is 324 Å². The van der Waals surface area contributed by atoms with E-state index >= 15 is 0 Å². The Morgan fingerprint density at radius 1 is 0.450 bits per heavy atom. The number of methoxy groups -OCH3 is 8. The Kier molecular flexibility index (Phi) is 41.9. The highest BCUT2D eigenvalue weighted by Gasteiger charge is 2.22. The summed E-state index contributed by atoms with van der Waals surface area (Å²) in [5, 5.41) is 18.4. The Balaban J connectivity index is 0.000000273. The fraction of sp³-hybridized carbons (Fsp3) is 0.333. The molecule has 2 aliphatic rings. The molecule has 2 amide bonds. The van der Waals surface area contributed by atoms with Crippen molar-refractivity contribution in [2.24, 2.45) is 17.6 Å². The molecule has 0 saturated heterocycles. The maximum atomic E-state index is 10.9. The molecule has 24 nitrogen and oxygen atoms in total. The monoisotopic (exact) mass is 1790 g/mol. The number of benzene rings is 6. The SMILES string of the molecule is COc1cc(C)c(Cl)c(N)c1.COc1cc(C)c(Cl)c(NC(C)=O)c1.COc1cc(C)cc(N)c1.COc1cc(C)cc(NC(C)=O)c1.COc1cc(NCc2cnc(Cl)nc2Cl)c(Cl)c(OC)c1.COc1cc(NCc2cnc(Cl)nc2NCC2CC2)c(Cl)c(OC)c1.Clc1ncc(CI)c(Cl)n1.NCC1CC1. The number of carbonyl (C=O) groups is 2. The molecule has 0 atom stereocenters. The lowest BCUT2D eigenvalue weighted by molar-refractivity contribution is -0.115. The zero-order valence-electron chi connectivity index (χ0n) is 62.6. The van der Waals surface area contributed by atoms with Gasteiger partial charge in [0.15, 0.2) is 0 Å². The van der Waals surface area contributed by atoms with Crippen molar-refractivity contribution in [3.05, 3.63) is 189 Å². The van der Waals surface area contributed by atoms with Crippen LogP contribution in [0.2, 0.25) is 46.2 Å². The Labute approximate surface area is 695 Å². The third-order valence-electron chi connectivity index (χ3n) is 14.9. The van der Waals surface area contributed by atoms with Gasteiger partial charge in [-0.3, -0.25) is 9.59 Å². The first kappa shape index (κ1) is 93.6. The summed E-state index contributed by atoms with van der Waals surface area (Å²) < 4.78 is 41.9. The molecule has 11 N–H and O–H groups in total. The van der Waals surface area contributed by atoms with Gasteiger partial charge in [0.2, 0.25) is 27.7 Å². The van der Waals surface area contributed by atoms with Gasteiger partial charge in [-0.2, -0.15) is 0 Å². The average Bonchev–Trinajstić information content (AvgIpc) is 1.79. The molecule has 109 heavy (non-hydrogen) atoms. The van der Waals surface area contributed by atoms with Gasteiger partial charge in [-0.05, 0) is 165 Å². The molecule has 2 saturated carbocycles. The number of amides is 2. The van der Waals surface area contributed by atoms with Gasteiger partial charge in [-0.25, -0.2) is 29.9 Å². The van der Waals surface area contributed by atoms with E-state index in [4.69, 9.17) is 160 Å². The minimum Gasteiger partial charge on any atom is -0.497 e. The zero-order chi connectivity index (χ0) is 81.0. The number of alkyl halides is 1. The second-order valence-corrected chi connectivity index (χ2v) is 27.7. The highest BCUT2D eigenvalue weighted by Crippen LogP contribution is 2.39. The number of nitrogens with one attached hydrogen (secondary N) is 5. The van der Waals surface area contributed by atoms with Crippen LogP contribution in [0.4, 0.5) is 39.9 Å². The predicted molar refractivity (Wildman–Crippen MR) is 454 cm³/mol. The van der Waals surface area contributed by atoms with E-state index in [0.29, 0.717) is 95.4 Å². The number of ether oxygens (including phenoxy) is 8. The quantitative estimate of drug-likeness (QED) is 0.0109. The molecule has 590 valence electrons. The van der Waals surface area contributed by atoms with E-state index in [1.807, 2.05) is 70.2 Å². The summed E-state index contributed by atoms with van der Waals surface area (Å²) in [6.45, 7) is 13.3. The molecule has 34 heteroatoms. The number of halogens is 10. The third kappa shape index (κ3) is 34.2. The highest BCUT2D eigenvalue weighted by atomic mass is 127. The zero-order valence-corrected chi connectivity index (χ0v) is 71.6. The maximum absolute atomic E-state index is 10.9. The van der Waals surface area contributed by atoms with Crippen molar-refractivity contribution in [1.82, 2.24) is 29.9 Å². The molecular formula is C75H90Cl9IN14O10. The molecule has 0 bridgehead atoms. The molecule has 3 aromatic heterocycles. The molecule has 11 rings (SSSR count). The summed E-state index contributed by atoms with van der Waals surface area (Å²) in [6.07, 6.45) is 10.2. The van der Waals surface area contributed by atoms with Crippen LogP contribution in [-0.4, -0.2) is 112 Å². The molecule has 3 heterocycles. The lowest BCUT2D eigenvalue weighted by Crippen LogP contribution is -2.11. The van der Waals surface area contributed by atoms with Crippen molar-refractivity contribution < 1.29 is 47.5 Å². The van der Waals surface area contributed by atoms with E-state index in [0.717, 1.165) is 97.2 Å². The summed E-state index contributed by atoms with van der Waals surface area (Å²) in [4.78, 5) is 45.3. The van der Waals surface area contributed by atoms with Crippen molar-refractivity contribution in [3.8, 4) is 46.0 Å². The summed E-state index contributed by atoms with van der Waals surface area (Å²) >= 11 is 55.4. The number of rotatable bonds is 21. The van der Waals surface area contributed by atoms with Crippen LogP contribution in [0.1, 0.15) is 78.5 Å². The fourth-order valence-corrected chi connectivity index (χ4v) is 11.3. The molecular weight excluding hydrogens is 1700 g/mol. The lowest BCUT2D eigenvalue weighted by atomic mass is 10.2. The Morgan fingerprint density at radius 3 is 1.28 bits per heavy atom. The Bertz CT molecular complexity index is 4380. The maximum Gasteiger partial charge on any atom is 0.224 e. The minimum atomic E-state index is -0.153. The number of hydrogen-bond acceptors (Lipinski definition) is 22. The van der Waals surface area contributed by atoms with E-state index in [-0.39, 0.29) is 32.8 Å². The van der Waals surface area contributed by atoms with Gasteiger partial charge in [0.1, 0.15) is 72.2 Å². The number of aryl methyl sites for hydroxylation is 4. The van der Waals surface area contributed by atoms with Crippen LogP contribution in [0, 0.1) is 39.5 Å². The molecule has 0 radical (unpaired) electrons. The van der Waals surface area contributed by atoms with Crippen molar-refractivity contribution >= 4 is 179 Å². The number of nitrogen functional groups attached to an aromatic ring is 2. The molecule has 0 aliphatic heterocycles. The molecule has 0 unspecified atom stereocenters. The first-order valence-corrected chi connectivity index (χ1v) is 38.0. The Hall–Kier alpha value is -7.80. The largest absolute Gasteiger partial charge is 0.497 e. The fourth-order valence-electron chi connectivity index (χ4n) is 8.89. The van der Waals surface area contributed by atoms with Crippen LogP contribution in [0.15, 0.2) is 104 Å². The normalized spacial score (nSPS) is 11.3. The van der Waals surface area contributed by atoms with E-state index in [2.05, 4.69) is 79.1 Å². The standard InChI is InChI=1S/C17H20Cl2N4O2.C13H12Cl3N3O2.C10H12ClNO2.C10H13NO2.C8H10ClNO.C8H11NO.C5H3Cl2IN2.C4H9N/c1-24-12-5-13(15(18)14(6-12)25-2)20-8-11-9-22-17(19)23-16(11)21-7-10-3-4-10;1-20-8-3-9(11(14)10(4-8)21-2)17-5-7-6-18-13(16)19-12(7)15;1-6-4-8(14-3)5-9(10(6)11)12-7(2)13;1-7-4-9(11-8(2)12)6-10(5-7)13-3;1-5-3-6(11-2)4-7(10)8(5)9;1-6-3-7(9)5-8(4-6)10-2;6-4-3(1-8)2-9-5(7)10-4;5-3-4-1-2-4/h5-6,9-10,20H,3-4,7-8H2,1-2H3,(H,21,22,23);3-4,6,17H,5H2,1-2H3;4-5H,1-3H3,(H,12,13);4-6H,1-3H3,(H,11,12);3-4H,10H2,1-2H3;3-5H,9H2,1-2H3;2H,1H2;4H,1-3,5H2. The highest BCUT2D eigenvalue weighted by molar-refractivity contribution is 14.1. The van der Waals surface area contributed by atoms with Crippen LogP contribution in [-0.2, 0) is 27.1 Å². The number of hydrogen-bond donors (Lipinski definition) is 8. The van der Waals surface area contributed by atoms with Crippen LogP contribution in [0.5, 0.6) is 46.0 Å². The van der Waals surface area contributed by atoms with Gasteiger partial charge in [0.25, 0.3) is 0 Å². The average molecular weight is 1790 g/mol. The smallest absolute Gasteiger partial charge is 0.224 e. The summed E-state index contributed by atoms with van der Waals surface area (Å²) in [5.74, 6) is 7.47. The molecule has 2 fully saturated rings. The number of carbonyl (C=O) groups excluding carboxylic acids is 2. The summed E-state index contributed by atoms with van der Waals surface area (Å²) in [7, 11) is 12.7. The molecule has 0 spiro atoms. The lowest BCUT2D eigenvalue weighted by Gasteiger charge is -2.15. The predicted octanol–water partition coefficient (Wildman–Crippen LogP) is 19.8. The van der Waals surface area contributed by atoms with Crippen molar-refractivity contribution in [2.75, 3.05) is 108 Å². The van der Waals surface area contributed by atoms with Crippen LogP contribution < -0.4 is 81.7 Å². The molecule has 9 aromatic rings. The minimum absolute atomic E-state index is 0.0762. The van der Waals surface area contributed by atoms with E-state index in [1.54, 1.807) is 111 Å². The van der Waals surface area contributed by atoms with Crippen molar-refractivity contribution in [3.63, 3.8) is 0 Å². The van der Waals surface area contributed by atoms with E-state index < -0.39 is 0 Å². The second-order valence-electron chi connectivity index (χ2n) is 23.7. The number of anilines is 7. The first-order chi connectivity index (χ1) is 51.8. The number of aromatic nitrogens is 6. The van der Waals surface area contributed by atoms with E-state index in [9.17, 15) is 9.59 Å². The van der Waals surface area contributed by atoms with Crippen LogP contribution >= 0.6 is 127 Å². The van der Waals surface area contributed by atoms with Crippen LogP contribution in [0.25, 0.3) is 0 Å². The first-order valence-electron chi connectivity index (χ1n) is 33.1. The van der Waals surface area contributed by atoms with Gasteiger partial charge in [-0.15, -0.1) is 0 Å². The van der Waals surface area contributed by atoms with Gasteiger partial charge < -0.3 is 81.7 Å². The van der Waals surface area contributed by atoms with Gasteiger partial charge >= 0.3 is 0 Å². The number of nitrogens with zero attached hydrogens (tertiary/aromatic N) is 6. The third-order valence-corrected chi connectivity index (χ3v) is 18.7. The second kappa shape index (κ2) is 48.8. The Morgan fingerprint density at radius 2 is 0.862 bits per heavy atom. The van der Waals surface area contributed by atoms with Crippen molar-refractivity contribution in [1.29, 1.82) is 0 Å². The molecule has 6 aromatic carbocycles. The molecule has 2 aliphatic carbocycles. The van der Waals surface area contributed by atoms with Crippen molar-refractivity contribution in [2.45, 2.75) is 84.7 Å².